The Bertz CT molecular complexity index is 424. The second kappa shape index (κ2) is 4.89. The van der Waals surface area contributed by atoms with E-state index in [-0.39, 0.29) is 5.54 Å². The molecule has 2 aliphatic rings. The van der Waals surface area contributed by atoms with Gasteiger partial charge in [-0.1, -0.05) is 24.9 Å². The highest BCUT2D eigenvalue weighted by atomic mass is 16.5. The zero-order chi connectivity index (χ0) is 13.3. The highest BCUT2D eigenvalue weighted by Gasteiger charge is 2.44. The van der Waals surface area contributed by atoms with Crippen molar-refractivity contribution >= 4 is 0 Å². The molecule has 1 heterocycles. The molecule has 0 amide bonds. The van der Waals surface area contributed by atoms with Gasteiger partial charge in [0.1, 0.15) is 0 Å². The average molecular weight is 263 g/mol. The second-order valence-electron chi connectivity index (χ2n) is 6.62. The molecule has 0 aromatic carbocycles. The highest BCUT2D eigenvalue weighted by molar-refractivity contribution is 5.08. The van der Waals surface area contributed by atoms with E-state index in [4.69, 9.17) is 10.3 Å². The monoisotopic (exact) mass is 263 g/mol. The fraction of sp³-hybridized carbons (Fsp3) is 0.867. The van der Waals surface area contributed by atoms with Gasteiger partial charge in [0.25, 0.3) is 0 Å². The minimum atomic E-state index is -0.344. The van der Waals surface area contributed by atoms with Gasteiger partial charge in [0, 0.05) is 6.42 Å². The van der Waals surface area contributed by atoms with Crippen LogP contribution in [-0.2, 0) is 12.0 Å². The number of aromatic nitrogens is 2. The lowest BCUT2D eigenvalue weighted by atomic mass is 9.66. The van der Waals surface area contributed by atoms with Crippen LogP contribution in [0.3, 0.4) is 0 Å². The van der Waals surface area contributed by atoms with Crippen molar-refractivity contribution < 1.29 is 4.52 Å². The van der Waals surface area contributed by atoms with Gasteiger partial charge in [-0.15, -0.1) is 0 Å². The van der Waals surface area contributed by atoms with Crippen molar-refractivity contribution in [2.24, 2.45) is 11.1 Å². The first kappa shape index (κ1) is 13.1. The van der Waals surface area contributed by atoms with Gasteiger partial charge in [0.2, 0.25) is 5.89 Å². The molecule has 0 saturated heterocycles. The van der Waals surface area contributed by atoms with Crippen LogP contribution in [0, 0.1) is 5.41 Å². The van der Waals surface area contributed by atoms with Crippen LogP contribution in [0.4, 0.5) is 0 Å². The predicted octanol–water partition coefficient (Wildman–Crippen LogP) is 3.31. The van der Waals surface area contributed by atoms with E-state index in [1.54, 1.807) is 0 Å². The molecule has 2 saturated carbocycles. The predicted molar refractivity (Wildman–Crippen MR) is 73.5 cm³/mol. The van der Waals surface area contributed by atoms with Crippen molar-refractivity contribution in [2.75, 3.05) is 0 Å². The molecule has 4 heteroatoms. The lowest BCUT2D eigenvalue weighted by Gasteiger charge is -2.41. The van der Waals surface area contributed by atoms with E-state index >= 15 is 0 Å². The molecule has 0 radical (unpaired) electrons. The van der Waals surface area contributed by atoms with E-state index in [0.29, 0.717) is 5.41 Å². The fourth-order valence-electron chi connectivity index (χ4n) is 3.85. The molecular formula is C15H25N3O. The molecule has 1 spiro atoms. The molecule has 4 nitrogen and oxygen atoms in total. The summed E-state index contributed by atoms with van der Waals surface area (Å²) in [6, 6.07) is 0. The largest absolute Gasteiger partial charge is 0.339 e. The van der Waals surface area contributed by atoms with Gasteiger partial charge < -0.3 is 10.3 Å². The van der Waals surface area contributed by atoms with E-state index < -0.39 is 0 Å². The first-order valence-electron chi connectivity index (χ1n) is 7.78. The van der Waals surface area contributed by atoms with Crippen LogP contribution in [0.2, 0.25) is 0 Å². The van der Waals surface area contributed by atoms with E-state index in [0.717, 1.165) is 37.4 Å². The van der Waals surface area contributed by atoms with Crippen molar-refractivity contribution in [1.82, 2.24) is 10.1 Å². The zero-order valence-corrected chi connectivity index (χ0v) is 12.0. The molecule has 0 bridgehead atoms. The van der Waals surface area contributed by atoms with Gasteiger partial charge in [-0.05, 0) is 50.4 Å². The lowest BCUT2D eigenvalue weighted by Crippen LogP contribution is -2.44. The topological polar surface area (TPSA) is 64.9 Å². The summed E-state index contributed by atoms with van der Waals surface area (Å²) in [5.41, 5.74) is 6.81. The van der Waals surface area contributed by atoms with Crippen LogP contribution in [0.25, 0.3) is 0 Å². The Morgan fingerprint density at radius 3 is 2.42 bits per heavy atom. The van der Waals surface area contributed by atoms with Gasteiger partial charge in [-0.2, -0.15) is 4.98 Å². The summed E-state index contributed by atoms with van der Waals surface area (Å²) < 4.78 is 5.30. The average Bonchev–Trinajstić information content (AvgIpc) is 3.05. The summed E-state index contributed by atoms with van der Waals surface area (Å²) in [5.74, 6) is 1.48. The highest BCUT2D eigenvalue weighted by Crippen LogP contribution is 2.52. The summed E-state index contributed by atoms with van der Waals surface area (Å²) in [7, 11) is 0. The Labute approximate surface area is 115 Å². The fourth-order valence-corrected chi connectivity index (χ4v) is 3.85. The number of hydrogen-bond donors (Lipinski definition) is 1. The van der Waals surface area contributed by atoms with Crippen molar-refractivity contribution in [3.63, 3.8) is 0 Å². The van der Waals surface area contributed by atoms with Gasteiger partial charge >= 0.3 is 0 Å². The maximum absolute atomic E-state index is 6.56. The number of nitrogens with zero attached hydrogens (tertiary/aromatic N) is 2. The van der Waals surface area contributed by atoms with E-state index in [1.165, 1.54) is 38.5 Å². The maximum atomic E-state index is 6.56. The van der Waals surface area contributed by atoms with Crippen LogP contribution in [0.15, 0.2) is 4.52 Å². The smallest absolute Gasteiger partial charge is 0.226 e. The Balaban J connectivity index is 1.70. The molecule has 3 rings (SSSR count). The Morgan fingerprint density at radius 1 is 1.11 bits per heavy atom. The van der Waals surface area contributed by atoms with Crippen molar-refractivity contribution in [1.29, 1.82) is 0 Å². The van der Waals surface area contributed by atoms with E-state index in [9.17, 15) is 0 Å². The summed E-state index contributed by atoms with van der Waals surface area (Å²) in [4.78, 5) is 4.51. The molecule has 0 atom stereocenters. The first-order valence-corrected chi connectivity index (χ1v) is 7.78. The molecule has 106 valence electrons. The summed E-state index contributed by atoms with van der Waals surface area (Å²) in [6.07, 6.45) is 12.0. The number of aryl methyl sites for hydroxylation is 1. The van der Waals surface area contributed by atoms with E-state index in [1.807, 2.05) is 0 Å². The normalized spacial score (nSPS) is 24.9. The Hall–Kier alpha value is -0.900. The molecule has 1 aromatic heterocycles. The van der Waals surface area contributed by atoms with Crippen LogP contribution < -0.4 is 5.73 Å². The molecule has 0 aliphatic heterocycles. The third kappa shape index (κ3) is 2.42. The van der Waals surface area contributed by atoms with Crippen molar-refractivity contribution in [2.45, 2.75) is 76.7 Å². The van der Waals surface area contributed by atoms with Crippen LogP contribution in [0.5, 0.6) is 0 Å². The second-order valence-corrected chi connectivity index (χ2v) is 6.62. The standard InChI is InChI=1S/C15H25N3O/c1-2-5-12-17-13(18-19-12)15(16)10-8-14(9-11-15)6-3-4-7-14/h2-11,16H2,1H3. The SMILES string of the molecule is CCCc1nc(C2(N)CCC3(CCCC3)CC2)no1. The van der Waals surface area contributed by atoms with Crippen LogP contribution in [-0.4, -0.2) is 10.1 Å². The third-order valence-corrected chi connectivity index (χ3v) is 5.24. The van der Waals surface area contributed by atoms with Crippen molar-refractivity contribution in [3.05, 3.63) is 11.7 Å². The van der Waals surface area contributed by atoms with Crippen LogP contribution in [0.1, 0.15) is 76.4 Å². The summed E-state index contributed by atoms with van der Waals surface area (Å²) in [6.45, 7) is 2.12. The number of rotatable bonds is 3. The number of hydrogen-bond acceptors (Lipinski definition) is 4. The third-order valence-electron chi connectivity index (χ3n) is 5.24. The maximum Gasteiger partial charge on any atom is 0.226 e. The van der Waals surface area contributed by atoms with E-state index in [2.05, 4.69) is 17.1 Å². The van der Waals surface area contributed by atoms with Gasteiger partial charge in [0.15, 0.2) is 5.82 Å². The minimum absolute atomic E-state index is 0.344. The van der Waals surface area contributed by atoms with Crippen molar-refractivity contribution in [3.8, 4) is 0 Å². The Morgan fingerprint density at radius 2 is 1.79 bits per heavy atom. The minimum Gasteiger partial charge on any atom is -0.339 e. The summed E-state index contributed by atoms with van der Waals surface area (Å²) in [5, 5.41) is 4.13. The molecule has 19 heavy (non-hydrogen) atoms. The summed E-state index contributed by atoms with van der Waals surface area (Å²) >= 11 is 0. The van der Waals surface area contributed by atoms with Crippen LogP contribution >= 0.6 is 0 Å². The molecule has 2 N–H and O–H groups in total. The zero-order valence-electron chi connectivity index (χ0n) is 12.0. The number of nitrogens with two attached hydrogens (primary N) is 1. The first-order chi connectivity index (χ1) is 9.16. The molecule has 0 unspecified atom stereocenters. The van der Waals surface area contributed by atoms with Gasteiger partial charge in [0.05, 0.1) is 5.54 Å². The molecular weight excluding hydrogens is 238 g/mol. The van der Waals surface area contributed by atoms with Gasteiger partial charge in [-0.3, -0.25) is 0 Å². The molecule has 2 aliphatic carbocycles. The molecule has 1 aromatic rings. The lowest BCUT2D eigenvalue weighted by molar-refractivity contribution is 0.127. The van der Waals surface area contributed by atoms with Gasteiger partial charge in [-0.25, -0.2) is 0 Å². The molecule has 2 fully saturated rings. The quantitative estimate of drug-likeness (QED) is 0.908. The Kier molecular flexibility index (Phi) is 3.37.